The minimum absolute atomic E-state index is 0.0926. The van der Waals surface area contributed by atoms with Gasteiger partial charge in [0.2, 0.25) is 5.91 Å². The predicted molar refractivity (Wildman–Crippen MR) is 85.5 cm³/mol. The SMILES string of the molecule is COc1cccc2[nH]c(C(=O)N3C[C@]4(C[C@H]3C(N)=O)CC4(F)F)cc12. The first-order chi connectivity index (χ1) is 11.8. The van der Waals surface area contributed by atoms with E-state index in [0.717, 1.165) is 0 Å². The molecule has 1 aromatic heterocycles. The maximum Gasteiger partial charge on any atom is 0.271 e. The number of nitrogens with one attached hydrogen (secondary N) is 1. The van der Waals surface area contributed by atoms with Crippen LogP contribution in [0.4, 0.5) is 8.78 Å². The summed E-state index contributed by atoms with van der Waals surface area (Å²) < 4.78 is 32.7. The van der Waals surface area contributed by atoms with Gasteiger partial charge in [0, 0.05) is 23.9 Å². The number of fused-ring (bicyclic) bond motifs is 1. The minimum atomic E-state index is -2.85. The molecule has 3 N–H and O–H groups in total. The standard InChI is InChI=1S/C17H17F2N3O3/c1-25-13-4-2-3-10-9(13)5-11(21-10)15(24)22-8-16(7-17(16,18)19)6-12(22)14(20)23/h2-5,12,21H,6-8H2,1H3,(H2,20,23)/t12-,16-/m0/s1. The maximum atomic E-state index is 13.7. The van der Waals surface area contributed by atoms with E-state index in [1.54, 1.807) is 24.3 Å². The number of carbonyl (C=O) groups excluding carboxylic acids is 2. The molecule has 2 fully saturated rings. The van der Waals surface area contributed by atoms with Crippen LogP contribution in [0.1, 0.15) is 23.3 Å². The molecule has 1 saturated heterocycles. The fourth-order valence-electron chi connectivity index (χ4n) is 3.80. The molecule has 4 rings (SSSR count). The summed E-state index contributed by atoms with van der Waals surface area (Å²) in [6.07, 6.45) is -0.404. The van der Waals surface area contributed by atoms with Gasteiger partial charge in [-0.3, -0.25) is 9.59 Å². The van der Waals surface area contributed by atoms with Crippen LogP contribution in [0.25, 0.3) is 10.9 Å². The molecule has 8 heteroatoms. The Bertz CT molecular complexity index is 894. The molecule has 2 aliphatic rings. The van der Waals surface area contributed by atoms with Crippen LogP contribution in [-0.4, -0.2) is 47.3 Å². The molecule has 1 aromatic carbocycles. The number of carbonyl (C=O) groups is 2. The van der Waals surface area contributed by atoms with Gasteiger partial charge in [0.15, 0.2) is 0 Å². The zero-order valence-corrected chi connectivity index (χ0v) is 13.5. The molecule has 0 unspecified atom stereocenters. The highest BCUT2D eigenvalue weighted by molar-refractivity contribution is 6.01. The van der Waals surface area contributed by atoms with E-state index in [0.29, 0.717) is 16.7 Å². The van der Waals surface area contributed by atoms with Gasteiger partial charge in [0.25, 0.3) is 11.8 Å². The van der Waals surface area contributed by atoms with Crippen LogP contribution in [0.15, 0.2) is 24.3 Å². The summed E-state index contributed by atoms with van der Waals surface area (Å²) in [7, 11) is 1.52. The van der Waals surface area contributed by atoms with Crippen LogP contribution < -0.4 is 10.5 Å². The van der Waals surface area contributed by atoms with Crippen LogP contribution in [0, 0.1) is 5.41 Å². The summed E-state index contributed by atoms with van der Waals surface area (Å²) in [5.41, 5.74) is 4.94. The van der Waals surface area contributed by atoms with Gasteiger partial charge in [0.1, 0.15) is 17.5 Å². The average Bonchev–Trinajstić information content (AvgIpc) is 2.94. The molecule has 2 aromatic rings. The van der Waals surface area contributed by atoms with Gasteiger partial charge in [-0.25, -0.2) is 8.78 Å². The van der Waals surface area contributed by atoms with E-state index in [4.69, 9.17) is 10.5 Å². The quantitative estimate of drug-likeness (QED) is 0.887. The molecule has 1 spiro atoms. The molecule has 1 aliphatic carbocycles. The third-order valence-electron chi connectivity index (χ3n) is 5.31. The Labute approximate surface area is 141 Å². The third kappa shape index (κ3) is 2.20. The number of rotatable bonds is 3. The number of primary amides is 1. The number of aromatic nitrogens is 1. The predicted octanol–water partition coefficient (Wildman–Crippen LogP) is 1.90. The Hall–Kier alpha value is -2.64. The van der Waals surface area contributed by atoms with E-state index in [2.05, 4.69) is 4.98 Å². The first kappa shape index (κ1) is 15.9. The van der Waals surface area contributed by atoms with Crippen molar-refractivity contribution in [1.82, 2.24) is 9.88 Å². The van der Waals surface area contributed by atoms with E-state index in [9.17, 15) is 18.4 Å². The average molecular weight is 349 g/mol. The van der Waals surface area contributed by atoms with Crippen LogP contribution in [-0.2, 0) is 4.79 Å². The van der Waals surface area contributed by atoms with Crippen molar-refractivity contribution in [1.29, 1.82) is 0 Å². The molecule has 0 bridgehead atoms. The molecule has 2 atom stereocenters. The monoisotopic (exact) mass is 349 g/mol. The molecule has 2 amide bonds. The van der Waals surface area contributed by atoms with Crippen LogP contribution in [0.5, 0.6) is 5.75 Å². The first-order valence-electron chi connectivity index (χ1n) is 7.92. The molecule has 0 radical (unpaired) electrons. The number of ether oxygens (including phenoxy) is 1. The molecule has 6 nitrogen and oxygen atoms in total. The largest absolute Gasteiger partial charge is 0.496 e. The highest BCUT2D eigenvalue weighted by Crippen LogP contribution is 2.66. The van der Waals surface area contributed by atoms with Crippen molar-refractivity contribution in [3.05, 3.63) is 30.0 Å². The second-order valence-corrected chi connectivity index (χ2v) is 6.82. The van der Waals surface area contributed by atoms with Gasteiger partial charge in [-0.05, 0) is 24.6 Å². The first-order valence-corrected chi connectivity index (χ1v) is 7.92. The molecule has 2 heterocycles. The summed E-state index contributed by atoms with van der Waals surface area (Å²) in [5, 5.41) is 0.703. The zero-order chi connectivity index (χ0) is 18.0. The zero-order valence-electron chi connectivity index (χ0n) is 13.5. The van der Waals surface area contributed by atoms with Gasteiger partial charge >= 0.3 is 0 Å². The van der Waals surface area contributed by atoms with Gasteiger partial charge in [-0.15, -0.1) is 0 Å². The number of amides is 2. The van der Waals surface area contributed by atoms with Crippen molar-refractivity contribution in [2.75, 3.05) is 13.7 Å². The Morgan fingerprint density at radius 2 is 2.12 bits per heavy atom. The van der Waals surface area contributed by atoms with Gasteiger partial charge in [-0.1, -0.05) is 6.07 Å². The maximum absolute atomic E-state index is 13.7. The van der Waals surface area contributed by atoms with E-state index in [-0.39, 0.29) is 25.1 Å². The lowest BCUT2D eigenvalue weighted by molar-refractivity contribution is -0.121. The van der Waals surface area contributed by atoms with Crippen molar-refractivity contribution >= 4 is 22.7 Å². The number of H-pyrrole nitrogens is 1. The third-order valence-corrected chi connectivity index (χ3v) is 5.31. The molecule has 1 saturated carbocycles. The molecule has 25 heavy (non-hydrogen) atoms. The van der Waals surface area contributed by atoms with E-state index >= 15 is 0 Å². The number of aromatic amines is 1. The number of hydrogen-bond donors (Lipinski definition) is 2. The summed E-state index contributed by atoms with van der Waals surface area (Å²) in [6, 6.07) is 5.89. The van der Waals surface area contributed by atoms with Crippen molar-refractivity contribution < 1.29 is 23.1 Å². The highest BCUT2D eigenvalue weighted by Gasteiger charge is 2.75. The number of methoxy groups -OCH3 is 1. The highest BCUT2D eigenvalue weighted by atomic mass is 19.3. The Kier molecular flexibility index (Phi) is 3.13. The van der Waals surface area contributed by atoms with Crippen LogP contribution in [0.2, 0.25) is 0 Å². The Morgan fingerprint density at radius 3 is 2.72 bits per heavy atom. The Balaban J connectivity index is 1.69. The van der Waals surface area contributed by atoms with Gasteiger partial charge < -0.3 is 20.4 Å². The lowest BCUT2D eigenvalue weighted by atomic mass is 10.0. The molecule has 1 aliphatic heterocycles. The van der Waals surface area contributed by atoms with Crippen molar-refractivity contribution in [3.63, 3.8) is 0 Å². The number of halogens is 2. The van der Waals surface area contributed by atoms with E-state index in [1.165, 1.54) is 12.0 Å². The second kappa shape index (κ2) is 4.93. The van der Waals surface area contributed by atoms with Gasteiger partial charge in [-0.2, -0.15) is 0 Å². The van der Waals surface area contributed by atoms with E-state index in [1.807, 2.05) is 0 Å². The number of nitrogens with zero attached hydrogens (tertiary/aromatic N) is 1. The summed E-state index contributed by atoms with van der Waals surface area (Å²) in [6.45, 7) is -0.168. The number of nitrogens with two attached hydrogens (primary N) is 1. The lowest BCUT2D eigenvalue weighted by Crippen LogP contribution is -2.43. The Morgan fingerprint density at radius 1 is 1.40 bits per heavy atom. The van der Waals surface area contributed by atoms with E-state index < -0.39 is 29.2 Å². The number of alkyl halides is 2. The summed E-state index contributed by atoms with van der Waals surface area (Å²) >= 11 is 0. The normalized spacial score (nSPS) is 27.0. The fourth-order valence-corrected chi connectivity index (χ4v) is 3.80. The van der Waals surface area contributed by atoms with Crippen molar-refractivity contribution in [2.24, 2.45) is 11.1 Å². The second-order valence-electron chi connectivity index (χ2n) is 6.82. The fraction of sp³-hybridized carbons (Fsp3) is 0.412. The van der Waals surface area contributed by atoms with Crippen molar-refractivity contribution in [3.8, 4) is 5.75 Å². The summed E-state index contributed by atoms with van der Waals surface area (Å²) in [4.78, 5) is 28.7. The summed E-state index contributed by atoms with van der Waals surface area (Å²) in [5.74, 6) is -3.53. The van der Waals surface area contributed by atoms with Crippen LogP contribution in [0.3, 0.4) is 0 Å². The molecular weight excluding hydrogens is 332 g/mol. The topological polar surface area (TPSA) is 88.4 Å². The number of benzene rings is 1. The molecular formula is C17H17F2N3O3. The minimum Gasteiger partial charge on any atom is -0.496 e. The van der Waals surface area contributed by atoms with Crippen molar-refractivity contribution in [2.45, 2.75) is 24.8 Å². The van der Waals surface area contributed by atoms with Crippen LogP contribution >= 0.6 is 0 Å². The number of likely N-dealkylation sites (tertiary alicyclic amines) is 1. The lowest BCUT2D eigenvalue weighted by Gasteiger charge is -2.21. The number of hydrogen-bond acceptors (Lipinski definition) is 3. The molecule has 132 valence electrons. The smallest absolute Gasteiger partial charge is 0.271 e. The van der Waals surface area contributed by atoms with Gasteiger partial charge in [0.05, 0.1) is 12.5 Å².